The van der Waals surface area contributed by atoms with E-state index >= 15 is 0 Å². The average Bonchev–Trinajstić information content (AvgIpc) is 2.40. The lowest BCUT2D eigenvalue weighted by molar-refractivity contribution is -0.134. The van der Waals surface area contributed by atoms with Gasteiger partial charge in [0.25, 0.3) is 0 Å². The van der Waals surface area contributed by atoms with Crippen molar-refractivity contribution in [2.75, 3.05) is 18.9 Å². The minimum atomic E-state index is -0.552. The minimum absolute atomic E-state index is 0. The predicted molar refractivity (Wildman–Crippen MR) is 88.3 cm³/mol. The molecule has 1 atom stereocenters. The van der Waals surface area contributed by atoms with Gasteiger partial charge >= 0.3 is 0 Å². The van der Waals surface area contributed by atoms with E-state index in [9.17, 15) is 9.59 Å². The van der Waals surface area contributed by atoms with Crippen molar-refractivity contribution < 1.29 is 9.59 Å². The summed E-state index contributed by atoms with van der Waals surface area (Å²) in [5.41, 5.74) is 5.73. The van der Waals surface area contributed by atoms with Crippen LogP contribution in [0.2, 0.25) is 0 Å². The number of nitrogens with two attached hydrogens (primary N) is 1. The number of nitrogens with zero attached hydrogens (tertiary/aromatic N) is 2. The van der Waals surface area contributed by atoms with Crippen LogP contribution < -0.4 is 11.1 Å². The van der Waals surface area contributed by atoms with E-state index < -0.39 is 6.04 Å². The van der Waals surface area contributed by atoms with Crippen molar-refractivity contribution in [3.63, 3.8) is 0 Å². The molecular weight excluding hydrogens is 360 g/mol. The molecule has 2 amide bonds. The maximum absolute atomic E-state index is 11.9. The number of likely N-dealkylation sites (N-methyl/N-ethyl adjacent to an activating group) is 1. The van der Waals surface area contributed by atoms with Gasteiger partial charge in [0.1, 0.15) is 5.82 Å². The van der Waals surface area contributed by atoms with Gasteiger partial charge in [-0.15, -0.1) is 12.4 Å². The summed E-state index contributed by atoms with van der Waals surface area (Å²) in [6, 6.07) is 2.89. The number of carbonyl (C=O) groups is 2. The van der Waals surface area contributed by atoms with Crippen molar-refractivity contribution in [3.05, 3.63) is 22.8 Å². The van der Waals surface area contributed by atoms with Gasteiger partial charge in [0.2, 0.25) is 11.8 Å². The maximum Gasteiger partial charge on any atom is 0.245 e. The first-order valence-electron chi connectivity index (χ1n) is 6.36. The zero-order chi connectivity index (χ0) is 15.1. The predicted octanol–water partition coefficient (Wildman–Crippen LogP) is 1.79. The lowest BCUT2D eigenvalue weighted by Crippen LogP contribution is -2.44. The van der Waals surface area contributed by atoms with Gasteiger partial charge in [-0.25, -0.2) is 4.98 Å². The van der Waals surface area contributed by atoms with Crippen LogP contribution in [0.3, 0.4) is 0 Å². The molecule has 3 N–H and O–H groups in total. The fraction of sp³-hybridized carbons (Fsp3) is 0.462. The van der Waals surface area contributed by atoms with Crippen LogP contribution in [0.1, 0.15) is 19.8 Å². The molecule has 0 fully saturated rings. The summed E-state index contributed by atoms with van der Waals surface area (Å²) in [6.45, 7) is 1.91. The second-order valence-corrected chi connectivity index (χ2v) is 5.41. The molecule has 0 aromatic carbocycles. The Labute approximate surface area is 139 Å². The third kappa shape index (κ3) is 6.88. The molecule has 0 bridgehead atoms. The molecule has 0 aliphatic rings. The second kappa shape index (κ2) is 9.70. The van der Waals surface area contributed by atoms with Gasteiger partial charge in [-0.05, 0) is 34.5 Å². The zero-order valence-corrected chi connectivity index (χ0v) is 14.4. The van der Waals surface area contributed by atoms with E-state index in [1.54, 1.807) is 25.4 Å². The highest BCUT2D eigenvalue weighted by Gasteiger charge is 2.19. The molecule has 1 heterocycles. The van der Waals surface area contributed by atoms with E-state index in [2.05, 4.69) is 26.2 Å². The summed E-state index contributed by atoms with van der Waals surface area (Å²) in [5, 5.41) is 2.62. The number of amides is 2. The van der Waals surface area contributed by atoms with Crippen LogP contribution in [-0.2, 0) is 9.59 Å². The number of rotatable bonds is 6. The first-order chi connectivity index (χ1) is 9.43. The molecule has 1 aromatic rings. The molecule has 1 unspecified atom stereocenters. The Hall–Kier alpha value is -1.18. The Morgan fingerprint density at radius 2 is 2.14 bits per heavy atom. The zero-order valence-electron chi connectivity index (χ0n) is 12.0. The molecule has 0 saturated carbocycles. The molecule has 118 valence electrons. The first kappa shape index (κ1) is 19.8. The number of aromatic nitrogens is 1. The number of hydrogen-bond acceptors (Lipinski definition) is 4. The van der Waals surface area contributed by atoms with E-state index in [1.165, 1.54) is 4.90 Å². The molecule has 6 nitrogen and oxygen atoms in total. The number of hydrogen-bond donors (Lipinski definition) is 2. The number of nitrogens with one attached hydrogen (secondary N) is 1. The van der Waals surface area contributed by atoms with Crippen molar-refractivity contribution in [2.45, 2.75) is 25.8 Å². The van der Waals surface area contributed by atoms with E-state index in [-0.39, 0.29) is 30.8 Å². The Morgan fingerprint density at radius 1 is 1.48 bits per heavy atom. The molecule has 1 rings (SSSR count). The SMILES string of the molecule is CCCC(N)C(=O)N(C)CC(=O)Nc1ccc(Br)cn1.Cl. The Morgan fingerprint density at radius 3 is 2.67 bits per heavy atom. The third-order valence-corrected chi connectivity index (χ3v) is 3.14. The van der Waals surface area contributed by atoms with Gasteiger partial charge in [-0.3, -0.25) is 9.59 Å². The first-order valence-corrected chi connectivity index (χ1v) is 7.15. The molecular formula is C13H20BrClN4O2. The maximum atomic E-state index is 11.9. The van der Waals surface area contributed by atoms with Crippen LogP contribution in [0.4, 0.5) is 5.82 Å². The summed E-state index contributed by atoms with van der Waals surface area (Å²) in [4.78, 5) is 29.0. The lowest BCUT2D eigenvalue weighted by atomic mass is 10.1. The van der Waals surface area contributed by atoms with Crippen molar-refractivity contribution >= 4 is 46.0 Å². The van der Waals surface area contributed by atoms with Crippen molar-refractivity contribution in [1.82, 2.24) is 9.88 Å². The van der Waals surface area contributed by atoms with Crippen LogP contribution in [-0.4, -0.2) is 41.3 Å². The van der Waals surface area contributed by atoms with Gasteiger partial charge in [0.15, 0.2) is 0 Å². The molecule has 0 saturated heterocycles. The van der Waals surface area contributed by atoms with E-state index in [1.807, 2.05) is 6.92 Å². The highest BCUT2D eigenvalue weighted by molar-refractivity contribution is 9.10. The summed E-state index contributed by atoms with van der Waals surface area (Å²) >= 11 is 3.26. The number of anilines is 1. The normalized spacial score (nSPS) is 11.2. The third-order valence-electron chi connectivity index (χ3n) is 2.67. The molecule has 0 radical (unpaired) electrons. The molecule has 21 heavy (non-hydrogen) atoms. The lowest BCUT2D eigenvalue weighted by Gasteiger charge is -2.20. The molecule has 0 spiro atoms. The molecule has 0 aliphatic carbocycles. The highest BCUT2D eigenvalue weighted by atomic mass is 79.9. The molecule has 1 aromatic heterocycles. The van der Waals surface area contributed by atoms with Crippen molar-refractivity contribution in [2.24, 2.45) is 5.73 Å². The van der Waals surface area contributed by atoms with E-state index in [0.29, 0.717) is 12.2 Å². The number of pyridine rings is 1. The minimum Gasteiger partial charge on any atom is -0.335 e. The Kier molecular flexibility index (Phi) is 9.16. The quantitative estimate of drug-likeness (QED) is 0.788. The second-order valence-electron chi connectivity index (χ2n) is 4.50. The highest BCUT2D eigenvalue weighted by Crippen LogP contribution is 2.10. The topological polar surface area (TPSA) is 88.3 Å². The fourth-order valence-corrected chi connectivity index (χ4v) is 1.88. The molecule has 0 aliphatic heterocycles. The standard InChI is InChI=1S/C13H19BrN4O2.ClH/c1-3-4-10(15)13(20)18(2)8-12(19)17-11-6-5-9(14)7-16-11;/h5-7,10H,3-4,8,15H2,1-2H3,(H,16,17,19);1H. The fourth-order valence-electron chi connectivity index (χ4n) is 1.64. The van der Waals surface area contributed by atoms with Crippen LogP contribution in [0.15, 0.2) is 22.8 Å². The summed E-state index contributed by atoms with van der Waals surface area (Å²) in [5.74, 6) is -0.0953. The number of carbonyl (C=O) groups excluding carboxylic acids is 2. The van der Waals surface area contributed by atoms with Gasteiger partial charge in [0, 0.05) is 17.7 Å². The summed E-state index contributed by atoms with van der Waals surface area (Å²) in [6.07, 6.45) is 3.02. The van der Waals surface area contributed by atoms with Gasteiger partial charge in [-0.1, -0.05) is 13.3 Å². The average molecular weight is 380 g/mol. The smallest absolute Gasteiger partial charge is 0.245 e. The number of halogens is 2. The van der Waals surface area contributed by atoms with Crippen LogP contribution >= 0.6 is 28.3 Å². The Bertz CT molecular complexity index is 470. The largest absolute Gasteiger partial charge is 0.335 e. The van der Waals surface area contributed by atoms with E-state index in [0.717, 1.165) is 10.9 Å². The van der Waals surface area contributed by atoms with Gasteiger partial charge in [0.05, 0.1) is 12.6 Å². The summed E-state index contributed by atoms with van der Waals surface area (Å²) < 4.78 is 0.827. The van der Waals surface area contributed by atoms with Crippen molar-refractivity contribution in [1.29, 1.82) is 0 Å². The van der Waals surface area contributed by atoms with Crippen LogP contribution in [0.5, 0.6) is 0 Å². The molecule has 8 heteroatoms. The van der Waals surface area contributed by atoms with Gasteiger partial charge in [-0.2, -0.15) is 0 Å². The summed E-state index contributed by atoms with van der Waals surface area (Å²) in [7, 11) is 1.56. The van der Waals surface area contributed by atoms with Gasteiger partial charge < -0.3 is 16.0 Å². The van der Waals surface area contributed by atoms with E-state index in [4.69, 9.17) is 5.73 Å². The van der Waals surface area contributed by atoms with Crippen LogP contribution in [0, 0.1) is 0 Å². The van der Waals surface area contributed by atoms with Crippen molar-refractivity contribution in [3.8, 4) is 0 Å². The van der Waals surface area contributed by atoms with Crippen LogP contribution in [0.25, 0.3) is 0 Å². The Balaban J connectivity index is 0.00000400. The monoisotopic (exact) mass is 378 g/mol.